The standard InChI is InChI=1S/C25H31N3O2/c1-3-4-8-15-30-23-12-11-20(16-24(23)29-2)25-21-18-28(14-13-22(21)26-27-25)17-19-9-6-5-7-10-19/h5-7,9-12,16H,3-4,8,13-15,17-18H2,1-2H3,(H,26,27). The third-order valence-corrected chi connectivity index (χ3v) is 5.70. The minimum atomic E-state index is 0.718. The van der Waals surface area contributed by atoms with E-state index in [9.17, 15) is 0 Å². The van der Waals surface area contributed by atoms with Gasteiger partial charge in [-0.2, -0.15) is 5.10 Å². The number of hydrogen-bond donors (Lipinski definition) is 1. The van der Waals surface area contributed by atoms with Crippen molar-refractivity contribution < 1.29 is 9.47 Å². The maximum absolute atomic E-state index is 5.94. The van der Waals surface area contributed by atoms with Gasteiger partial charge in [0.05, 0.1) is 19.4 Å². The van der Waals surface area contributed by atoms with Crippen LogP contribution in [0.25, 0.3) is 11.3 Å². The van der Waals surface area contributed by atoms with Crippen LogP contribution in [0.4, 0.5) is 0 Å². The zero-order valence-corrected chi connectivity index (χ0v) is 18.0. The van der Waals surface area contributed by atoms with E-state index in [1.54, 1.807) is 7.11 Å². The van der Waals surface area contributed by atoms with Crippen LogP contribution in [-0.4, -0.2) is 35.4 Å². The Balaban J connectivity index is 1.51. The average molecular weight is 406 g/mol. The Hall–Kier alpha value is -2.79. The van der Waals surface area contributed by atoms with Gasteiger partial charge in [-0.25, -0.2) is 0 Å². The first kappa shape index (κ1) is 20.5. The predicted octanol–water partition coefficient (Wildman–Crippen LogP) is 5.21. The molecular formula is C25H31N3O2. The number of fused-ring (bicyclic) bond motifs is 1. The van der Waals surface area contributed by atoms with Crippen LogP contribution in [0.1, 0.15) is 43.0 Å². The molecule has 0 atom stereocenters. The van der Waals surface area contributed by atoms with E-state index in [1.165, 1.54) is 29.7 Å². The van der Waals surface area contributed by atoms with E-state index in [-0.39, 0.29) is 0 Å². The fraction of sp³-hybridized carbons (Fsp3) is 0.400. The van der Waals surface area contributed by atoms with Gasteiger partial charge >= 0.3 is 0 Å². The van der Waals surface area contributed by atoms with Crippen LogP contribution in [0.2, 0.25) is 0 Å². The summed E-state index contributed by atoms with van der Waals surface area (Å²) >= 11 is 0. The van der Waals surface area contributed by atoms with Crippen molar-refractivity contribution in [2.24, 2.45) is 0 Å². The summed E-state index contributed by atoms with van der Waals surface area (Å²) in [7, 11) is 1.69. The molecule has 5 nitrogen and oxygen atoms in total. The topological polar surface area (TPSA) is 50.4 Å². The highest BCUT2D eigenvalue weighted by molar-refractivity contribution is 5.68. The Labute approximate surface area is 179 Å². The molecule has 0 aliphatic carbocycles. The van der Waals surface area contributed by atoms with Crippen LogP contribution in [0.3, 0.4) is 0 Å². The SMILES string of the molecule is CCCCCOc1ccc(-c2n[nH]c3c2CN(Cc2ccccc2)CC3)cc1OC. The molecule has 1 aliphatic rings. The third-order valence-electron chi connectivity index (χ3n) is 5.70. The minimum absolute atomic E-state index is 0.718. The minimum Gasteiger partial charge on any atom is -0.493 e. The summed E-state index contributed by atoms with van der Waals surface area (Å²) < 4.78 is 11.5. The molecule has 0 amide bonds. The molecule has 0 saturated heterocycles. The Morgan fingerprint density at radius 1 is 1.07 bits per heavy atom. The third kappa shape index (κ3) is 4.68. The molecule has 0 fully saturated rings. The van der Waals surface area contributed by atoms with E-state index in [4.69, 9.17) is 9.47 Å². The molecule has 0 radical (unpaired) electrons. The number of unbranched alkanes of at least 4 members (excludes halogenated alkanes) is 2. The number of hydrogen-bond acceptors (Lipinski definition) is 4. The first-order valence-corrected chi connectivity index (χ1v) is 10.9. The first-order chi connectivity index (χ1) is 14.8. The van der Waals surface area contributed by atoms with Crippen molar-refractivity contribution >= 4 is 0 Å². The lowest BCUT2D eigenvalue weighted by Crippen LogP contribution is -2.29. The number of aromatic nitrogens is 2. The zero-order valence-electron chi connectivity index (χ0n) is 18.0. The van der Waals surface area contributed by atoms with Gasteiger partial charge in [0.25, 0.3) is 0 Å². The van der Waals surface area contributed by atoms with Gasteiger partial charge < -0.3 is 9.47 Å². The van der Waals surface area contributed by atoms with Gasteiger partial charge in [0.15, 0.2) is 11.5 Å². The molecule has 0 bridgehead atoms. The number of nitrogens with zero attached hydrogens (tertiary/aromatic N) is 2. The number of nitrogens with one attached hydrogen (secondary N) is 1. The van der Waals surface area contributed by atoms with Crippen LogP contribution in [-0.2, 0) is 19.5 Å². The van der Waals surface area contributed by atoms with E-state index in [0.29, 0.717) is 0 Å². The molecule has 30 heavy (non-hydrogen) atoms. The molecule has 1 aromatic heterocycles. The highest BCUT2D eigenvalue weighted by atomic mass is 16.5. The van der Waals surface area contributed by atoms with Crippen LogP contribution in [0.15, 0.2) is 48.5 Å². The lowest BCUT2D eigenvalue weighted by atomic mass is 10.00. The van der Waals surface area contributed by atoms with Crippen molar-refractivity contribution in [1.29, 1.82) is 0 Å². The number of rotatable bonds is 9. The second kappa shape index (κ2) is 9.81. The second-order valence-electron chi connectivity index (χ2n) is 7.90. The summed E-state index contributed by atoms with van der Waals surface area (Å²) in [5.74, 6) is 1.56. The Morgan fingerprint density at radius 2 is 1.93 bits per heavy atom. The highest BCUT2D eigenvalue weighted by Crippen LogP contribution is 2.35. The Kier molecular flexibility index (Phi) is 6.70. The molecule has 0 spiro atoms. The number of H-pyrrole nitrogens is 1. The summed E-state index contributed by atoms with van der Waals surface area (Å²) in [6.07, 6.45) is 4.42. The van der Waals surface area contributed by atoms with Crippen LogP contribution < -0.4 is 9.47 Å². The Bertz CT molecular complexity index is 952. The van der Waals surface area contributed by atoms with Gasteiger partial charge in [-0.15, -0.1) is 0 Å². The lowest BCUT2D eigenvalue weighted by Gasteiger charge is -2.27. The maximum Gasteiger partial charge on any atom is 0.161 e. The van der Waals surface area contributed by atoms with E-state index in [2.05, 4.69) is 58.4 Å². The largest absolute Gasteiger partial charge is 0.493 e. The van der Waals surface area contributed by atoms with Gasteiger partial charge in [-0.05, 0) is 30.2 Å². The lowest BCUT2D eigenvalue weighted by molar-refractivity contribution is 0.245. The fourth-order valence-electron chi connectivity index (χ4n) is 4.03. The molecule has 4 rings (SSSR count). The van der Waals surface area contributed by atoms with Crippen LogP contribution in [0, 0.1) is 0 Å². The summed E-state index contributed by atoms with van der Waals surface area (Å²) in [6.45, 7) is 5.81. The normalized spacial score (nSPS) is 13.8. The summed E-state index contributed by atoms with van der Waals surface area (Å²) in [4.78, 5) is 2.49. The fourth-order valence-corrected chi connectivity index (χ4v) is 4.03. The van der Waals surface area contributed by atoms with Gasteiger partial charge in [-0.3, -0.25) is 10.00 Å². The number of benzene rings is 2. The first-order valence-electron chi connectivity index (χ1n) is 10.9. The Morgan fingerprint density at radius 3 is 2.73 bits per heavy atom. The molecule has 5 heteroatoms. The molecule has 3 aromatic rings. The number of aromatic amines is 1. The molecule has 158 valence electrons. The molecule has 1 aliphatic heterocycles. The average Bonchev–Trinajstić information content (AvgIpc) is 3.21. The smallest absolute Gasteiger partial charge is 0.161 e. The summed E-state index contributed by atoms with van der Waals surface area (Å²) in [5.41, 5.74) is 5.95. The highest BCUT2D eigenvalue weighted by Gasteiger charge is 2.23. The van der Waals surface area contributed by atoms with Crippen molar-refractivity contribution in [3.63, 3.8) is 0 Å². The van der Waals surface area contributed by atoms with E-state index >= 15 is 0 Å². The summed E-state index contributed by atoms with van der Waals surface area (Å²) in [6, 6.07) is 16.8. The quantitative estimate of drug-likeness (QED) is 0.496. The van der Waals surface area contributed by atoms with Crippen molar-refractivity contribution in [2.75, 3.05) is 20.3 Å². The molecular weight excluding hydrogens is 374 g/mol. The van der Waals surface area contributed by atoms with Gasteiger partial charge in [-0.1, -0.05) is 50.1 Å². The summed E-state index contributed by atoms with van der Waals surface area (Å²) in [5, 5.41) is 7.91. The second-order valence-corrected chi connectivity index (χ2v) is 7.90. The maximum atomic E-state index is 5.94. The zero-order chi connectivity index (χ0) is 20.8. The molecule has 2 heterocycles. The monoisotopic (exact) mass is 405 g/mol. The van der Waals surface area contributed by atoms with E-state index in [0.717, 1.165) is 61.8 Å². The van der Waals surface area contributed by atoms with Gasteiger partial charge in [0.1, 0.15) is 0 Å². The van der Waals surface area contributed by atoms with Gasteiger partial charge in [0.2, 0.25) is 0 Å². The van der Waals surface area contributed by atoms with Crippen molar-refractivity contribution in [1.82, 2.24) is 15.1 Å². The molecule has 0 saturated carbocycles. The van der Waals surface area contributed by atoms with Crippen molar-refractivity contribution in [3.05, 3.63) is 65.4 Å². The van der Waals surface area contributed by atoms with Crippen LogP contribution >= 0.6 is 0 Å². The molecule has 2 aromatic carbocycles. The molecule has 1 N–H and O–H groups in total. The van der Waals surface area contributed by atoms with Crippen molar-refractivity contribution in [2.45, 2.75) is 45.7 Å². The number of ether oxygens (including phenoxy) is 2. The van der Waals surface area contributed by atoms with Gasteiger partial charge in [0, 0.05) is 42.9 Å². The van der Waals surface area contributed by atoms with Crippen molar-refractivity contribution in [3.8, 4) is 22.8 Å². The van der Waals surface area contributed by atoms with Crippen LogP contribution in [0.5, 0.6) is 11.5 Å². The van der Waals surface area contributed by atoms with E-state index < -0.39 is 0 Å². The predicted molar refractivity (Wildman–Crippen MR) is 120 cm³/mol. The molecule has 0 unspecified atom stereocenters. The van der Waals surface area contributed by atoms with E-state index in [1.807, 2.05) is 12.1 Å². The number of methoxy groups -OCH3 is 1.